The molecule has 1 heterocycles. The van der Waals surface area contributed by atoms with E-state index in [1.807, 2.05) is 30.5 Å². The normalized spacial score (nSPS) is 11.4. The molecule has 0 unspecified atom stereocenters. The van der Waals surface area contributed by atoms with Gasteiger partial charge in [-0.25, -0.2) is 0 Å². The van der Waals surface area contributed by atoms with E-state index < -0.39 is 4.92 Å². The van der Waals surface area contributed by atoms with E-state index in [1.165, 1.54) is 121 Å². The second kappa shape index (κ2) is 23.1. The van der Waals surface area contributed by atoms with Gasteiger partial charge in [-0.05, 0) is 65.9 Å². The lowest BCUT2D eigenvalue weighted by molar-refractivity contribution is -0.385. The molecule has 1 aromatic heterocycles. The SMILES string of the molecule is CCCCCCCCCCN(CCCCCCCCCC)c1ccc(C=Cc2ccc(C=Cc3ccc([N+](=O)[O-])c(C#N)c3)nc2)cc1. The quantitative estimate of drug-likeness (QED) is 0.0548. The minimum atomic E-state index is -0.541. The van der Waals surface area contributed by atoms with Crippen molar-refractivity contribution >= 4 is 35.7 Å². The van der Waals surface area contributed by atoms with Crippen molar-refractivity contribution in [1.29, 1.82) is 5.26 Å². The van der Waals surface area contributed by atoms with Gasteiger partial charge in [-0.2, -0.15) is 5.26 Å². The molecule has 0 N–H and O–H groups in total. The molecule has 0 spiro atoms. The minimum absolute atomic E-state index is 0.0448. The van der Waals surface area contributed by atoms with Crippen LogP contribution in [-0.2, 0) is 0 Å². The molecule has 3 rings (SSSR count). The molecule has 0 radical (unpaired) electrons. The molecule has 0 amide bonds. The van der Waals surface area contributed by atoms with Crippen molar-refractivity contribution in [1.82, 2.24) is 4.98 Å². The van der Waals surface area contributed by atoms with Gasteiger partial charge in [0.1, 0.15) is 11.6 Å². The fourth-order valence-electron chi connectivity index (χ4n) is 5.93. The number of unbranched alkanes of at least 4 members (excludes halogenated alkanes) is 14. The highest BCUT2D eigenvalue weighted by Crippen LogP contribution is 2.22. The number of nitro benzene ring substituents is 1. The molecule has 0 fully saturated rings. The first-order valence-corrected chi connectivity index (χ1v) is 18.4. The zero-order valence-electron chi connectivity index (χ0n) is 29.4. The average Bonchev–Trinajstić information content (AvgIpc) is 3.11. The molecule has 0 aliphatic heterocycles. The van der Waals surface area contributed by atoms with Crippen LogP contribution in [0, 0.1) is 21.4 Å². The van der Waals surface area contributed by atoms with Crippen LogP contribution in [0.15, 0.2) is 60.8 Å². The monoisotopic (exact) mass is 648 g/mol. The number of hydrogen-bond acceptors (Lipinski definition) is 5. The molecule has 0 aliphatic rings. The number of pyridine rings is 1. The van der Waals surface area contributed by atoms with E-state index in [0.29, 0.717) is 5.56 Å². The van der Waals surface area contributed by atoms with E-state index in [1.54, 1.807) is 12.1 Å². The molecule has 0 aliphatic carbocycles. The Hall–Kier alpha value is -4.24. The van der Waals surface area contributed by atoms with Crippen LogP contribution in [0.2, 0.25) is 0 Å². The molecule has 48 heavy (non-hydrogen) atoms. The van der Waals surface area contributed by atoms with Gasteiger partial charge in [0, 0.05) is 31.0 Å². The number of benzene rings is 2. The summed E-state index contributed by atoms with van der Waals surface area (Å²) in [4.78, 5) is 17.7. The molecule has 0 atom stereocenters. The predicted octanol–water partition coefficient (Wildman–Crippen LogP) is 12.3. The molecule has 0 saturated heterocycles. The summed E-state index contributed by atoms with van der Waals surface area (Å²) in [6, 6.07) is 19.3. The van der Waals surface area contributed by atoms with Gasteiger partial charge in [0.05, 0.1) is 10.6 Å². The second-order valence-electron chi connectivity index (χ2n) is 12.9. The zero-order valence-corrected chi connectivity index (χ0v) is 29.4. The maximum atomic E-state index is 11.1. The lowest BCUT2D eigenvalue weighted by Crippen LogP contribution is -2.25. The fourth-order valence-corrected chi connectivity index (χ4v) is 5.93. The Balaban J connectivity index is 1.53. The van der Waals surface area contributed by atoms with Crippen LogP contribution in [-0.4, -0.2) is 23.0 Å². The third-order valence-corrected chi connectivity index (χ3v) is 8.88. The van der Waals surface area contributed by atoms with Crippen molar-refractivity contribution in [2.45, 2.75) is 117 Å². The molecule has 6 nitrogen and oxygen atoms in total. The van der Waals surface area contributed by atoms with Crippen LogP contribution < -0.4 is 4.90 Å². The van der Waals surface area contributed by atoms with Gasteiger partial charge >= 0.3 is 0 Å². The van der Waals surface area contributed by atoms with Crippen molar-refractivity contribution < 1.29 is 4.92 Å². The molecule has 0 saturated carbocycles. The molecular formula is C42H56N4O2. The molecule has 3 aromatic rings. The number of aromatic nitrogens is 1. The number of nitriles is 1. The van der Waals surface area contributed by atoms with E-state index in [4.69, 9.17) is 0 Å². The van der Waals surface area contributed by atoms with Crippen LogP contribution in [0.4, 0.5) is 11.4 Å². The van der Waals surface area contributed by atoms with Crippen LogP contribution in [0.25, 0.3) is 24.3 Å². The van der Waals surface area contributed by atoms with E-state index >= 15 is 0 Å². The summed E-state index contributed by atoms with van der Waals surface area (Å²) in [5.74, 6) is 0. The van der Waals surface area contributed by atoms with Crippen molar-refractivity contribution in [2.24, 2.45) is 0 Å². The van der Waals surface area contributed by atoms with E-state index in [2.05, 4.69) is 60.1 Å². The zero-order chi connectivity index (χ0) is 34.2. The summed E-state index contributed by atoms with van der Waals surface area (Å²) in [7, 11) is 0. The molecule has 0 bridgehead atoms. The smallest absolute Gasteiger partial charge is 0.287 e. The lowest BCUT2D eigenvalue weighted by atomic mass is 10.1. The highest BCUT2D eigenvalue weighted by Gasteiger charge is 2.13. The van der Waals surface area contributed by atoms with E-state index in [-0.39, 0.29) is 11.3 Å². The lowest BCUT2D eigenvalue weighted by Gasteiger charge is -2.25. The summed E-state index contributed by atoms with van der Waals surface area (Å²) in [5, 5.41) is 20.3. The molecule has 6 heteroatoms. The minimum Gasteiger partial charge on any atom is -0.372 e. The molecular weight excluding hydrogens is 592 g/mol. The van der Waals surface area contributed by atoms with Crippen molar-refractivity contribution in [3.8, 4) is 6.07 Å². The van der Waals surface area contributed by atoms with Crippen LogP contribution >= 0.6 is 0 Å². The maximum absolute atomic E-state index is 11.1. The Labute approximate surface area is 289 Å². The highest BCUT2D eigenvalue weighted by molar-refractivity contribution is 5.72. The van der Waals surface area contributed by atoms with Gasteiger partial charge in [-0.15, -0.1) is 0 Å². The summed E-state index contributed by atoms with van der Waals surface area (Å²) in [6.45, 7) is 6.83. The first kappa shape index (κ1) is 38.2. The van der Waals surface area contributed by atoms with E-state index in [9.17, 15) is 15.4 Å². The van der Waals surface area contributed by atoms with Crippen molar-refractivity contribution in [3.05, 3.63) is 98.9 Å². The van der Waals surface area contributed by atoms with Crippen molar-refractivity contribution in [3.63, 3.8) is 0 Å². The average molecular weight is 649 g/mol. The molecule has 2 aromatic carbocycles. The van der Waals surface area contributed by atoms with Gasteiger partial charge < -0.3 is 4.90 Å². The summed E-state index contributed by atoms with van der Waals surface area (Å²) in [6.07, 6.45) is 31.2. The number of anilines is 1. The number of hydrogen-bond donors (Lipinski definition) is 0. The number of rotatable bonds is 24. The summed E-state index contributed by atoms with van der Waals surface area (Å²) < 4.78 is 0. The first-order chi connectivity index (χ1) is 23.5. The standard InChI is InChI=1S/C42H56N4O2/c1-3-5-7-9-11-13-15-17-31-45(32-18-16-14-12-10-8-6-4-2)41-28-23-36(24-29-41)19-20-38-22-27-40(44-35-38)26-21-37-25-30-42(46(47)48)39(33-37)34-43/h19-30,33,35H,3-18,31-32H2,1-2H3. The topological polar surface area (TPSA) is 83.1 Å². The largest absolute Gasteiger partial charge is 0.372 e. The van der Waals surface area contributed by atoms with Crippen LogP contribution in [0.1, 0.15) is 145 Å². The van der Waals surface area contributed by atoms with Crippen LogP contribution in [0.3, 0.4) is 0 Å². The first-order valence-electron chi connectivity index (χ1n) is 18.4. The van der Waals surface area contributed by atoms with Crippen molar-refractivity contribution in [2.75, 3.05) is 18.0 Å². The Bertz CT molecular complexity index is 1420. The number of nitro groups is 1. The summed E-state index contributed by atoms with van der Waals surface area (Å²) in [5.41, 5.74) is 4.82. The second-order valence-corrected chi connectivity index (χ2v) is 12.9. The number of nitrogens with zero attached hydrogens (tertiary/aromatic N) is 4. The van der Waals surface area contributed by atoms with Gasteiger partial charge in [0.25, 0.3) is 5.69 Å². The highest BCUT2D eigenvalue weighted by atomic mass is 16.6. The third-order valence-electron chi connectivity index (χ3n) is 8.88. The van der Waals surface area contributed by atoms with Gasteiger partial charge in [-0.3, -0.25) is 15.1 Å². The van der Waals surface area contributed by atoms with Gasteiger partial charge in [0.2, 0.25) is 0 Å². The Morgan fingerprint density at radius 1 is 0.667 bits per heavy atom. The summed E-state index contributed by atoms with van der Waals surface area (Å²) >= 11 is 0. The fraction of sp³-hybridized carbons (Fsp3) is 0.476. The Morgan fingerprint density at radius 3 is 1.69 bits per heavy atom. The Morgan fingerprint density at radius 2 is 1.17 bits per heavy atom. The maximum Gasteiger partial charge on any atom is 0.287 e. The van der Waals surface area contributed by atoms with Gasteiger partial charge in [0.15, 0.2) is 0 Å². The third kappa shape index (κ3) is 14.7. The molecule has 256 valence electrons. The van der Waals surface area contributed by atoms with E-state index in [0.717, 1.165) is 29.9 Å². The van der Waals surface area contributed by atoms with Gasteiger partial charge in [-0.1, -0.05) is 140 Å². The predicted molar refractivity (Wildman–Crippen MR) is 204 cm³/mol. The Kier molecular flexibility index (Phi) is 18.4. The van der Waals surface area contributed by atoms with Crippen LogP contribution in [0.5, 0.6) is 0 Å².